The predicted molar refractivity (Wildman–Crippen MR) is 133 cm³/mol. The number of aromatic nitrogens is 2. The normalized spacial score (nSPS) is 11.9. The summed E-state index contributed by atoms with van der Waals surface area (Å²) in [7, 11) is 0. The molecule has 0 bridgehead atoms. The molecule has 0 unspecified atom stereocenters. The molecule has 0 aliphatic carbocycles. The number of carbonyl (C=O) groups is 1. The molecule has 2 aromatic heterocycles. The van der Waals surface area contributed by atoms with Crippen molar-refractivity contribution in [3.8, 4) is 0 Å². The van der Waals surface area contributed by atoms with Crippen LogP contribution in [0.25, 0.3) is 43.6 Å². The van der Waals surface area contributed by atoms with Crippen molar-refractivity contribution in [2.24, 2.45) is 0 Å². The van der Waals surface area contributed by atoms with Crippen LogP contribution in [0.1, 0.15) is 6.42 Å². The van der Waals surface area contributed by atoms with Crippen molar-refractivity contribution in [2.75, 3.05) is 0 Å². The number of aromatic amines is 1. The van der Waals surface area contributed by atoms with E-state index >= 15 is 0 Å². The van der Waals surface area contributed by atoms with E-state index in [1.165, 1.54) is 0 Å². The zero-order valence-electron chi connectivity index (χ0n) is 17.1. The van der Waals surface area contributed by atoms with Crippen molar-refractivity contribution >= 4 is 72.8 Å². The van der Waals surface area contributed by atoms with Crippen LogP contribution in [0.4, 0.5) is 0 Å². The molecular weight excluding hydrogens is 463 g/mol. The van der Waals surface area contributed by atoms with Crippen molar-refractivity contribution in [3.05, 3.63) is 91.2 Å². The highest BCUT2D eigenvalue weighted by Gasteiger charge is 2.15. The van der Waals surface area contributed by atoms with Gasteiger partial charge in [0.15, 0.2) is 10.9 Å². The third-order valence-electron chi connectivity index (χ3n) is 5.69. The first-order valence-corrected chi connectivity index (χ1v) is 10.9. The van der Waals surface area contributed by atoms with Gasteiger partial charge in [-0.3, -0.25) is 9.59 Å². The number of aliphatic carboxylic acids is 1. The van der Waals surface area contributed by atoms with Gasteiger partial charge in [0.2, 0.25) is 0 Å². The Morgan fingerprint density at radius 2 is 1.48 bits per heavy atom. The summed E-state index contributed by atoms with van der Waals surface area (Å²) >= 11 is 12.3. The molecule has 2 N–H and O–H groups in total. The summed E-state index contributed by atoms with van der Waals surface area (Å²) < 4.78 is 1.91. The van der Waals surface area contributed by atoms with Crippen LogP contribution in [0.3, 0.4) is 0 Å². The molecule has 0 amide bonds. The van der Waals surface area contributed by atoms with Gasteiger partial charge in [-0.05, 0) is 55.0 Å². The minimum Gasteiger partial charge on any atom is -0.478 e. The van der Waals surface area contributed by atoms with E-state index in [0.717, 1.165) is 6.08 Å². The lowest BCUT2D eigenvalue weighted by atomic mass is 10.0. The number of hydrogen-bond donors (Lipinski definition) is 2. The van der Waals surface area contributed by atoms with Gasteiger partial charge in [-0.2, -0.15) is 0 Å². The topological polar surface area (TPSA) is 92.2 Å². The molecule has 5 aromatic rings. The molecule has 3 aromatic carbocycles. The molecule has 164 valence electrons. The zero-order chi connectivity index (χ0) is 23.3. The van der Waals surface area contributed by atoms with Crippen molar-refractivity contribution in [3.63, 3.8) is 0 Å². The quantitative estimate of drug-likeness (QED) is 0.264. The molecule has 0 aliphatic rings. The van der Waals surface area contributed by atoms with Crippen LogP contribution >= 0.6 is 23.2 Å². The van der Waals surface area contributed by atoms with Crippen LogP contribution in [-0.2, 0) is 11.3 Å². The number of allylic oxidation sites excluding steroid dienone is 1. The molecule has 5 rings (SSSR count). The van der Waals surface area contributed by atoms with Crippen molar-refractivity contribution in [1.29, 1.82) is 0 Å². The predicted octanol–water partition coefficient (Wildman–Crippen LogP) is 5.49. The van der Waals surface area contributed by atoms with Gasteiger partial charge in [-0.15, -0.1) is 0 Å². The number of pyridine rings is 2. The van der Waals surface area contributed by atoms with Gasteiger partial charge in [-0.25, -0.2) is 4.79 Å². The minimum absolute atomic E-state index is 0.191. The molecule has 33 heavy (non-hydrogen) atoms. The largest absolute Gasteiger partial charge is 0.478 e. The summed E-state index contributed by atoms with van der Waals surface area (Å²) in [6.07, 6.45) is 3.06. The Hall–Kier alpha value is -3.61. The first kappa shape index (κ1) is 21.2. The third-order valence-corrected chi connectivity index (χ3v) is 6.16. The first-order valence-electron chi connectivity index (χ1n) is 10.1. The second-order valence-corrected chi connectivity index (χ2v) is 8.60. The van der Waals surface area contributed by atoms with Gasteiger partial charge in [0.05, 0.1) is 16.6 Å². The number of carboxylic acids is 1. The van der Waals surface area contributed by atoms with Gasteiger partial charge >= 0.3 is 5.97 Å². The second-order valence-electron chi connectivity index (χ2n) is 7.73. The number of rotatable bonds is 4. The third kappa shape index (κ3) is 3.67. The highest BCUT2D eigenvalue weighted by Crippen LogP contribution is 2.26. The number of nitrogens with one attached hydrogen (secondary N) is 1. The van der Waals surface area contributed by atoms with Gasteiger partial charge in [0.1, 0.15) is 0 Å². The summed E-state index contributed by atoms with van der Waals surface area (Å²) in [5.74, 6) is -1.03. The summed E-state index contributed by atoms with van der Waals surface area (Å²) in [5, 5.41) is 11.5. The van der Waals surface area contributed by atoms with Crippen LogP contribution in [-0.4, -0.2) is 20.6 Å². The molecule has 0 aliphatic heterocycles. The lowest BCUT2D eigenvalue weighted by Gasteiger charge is -2.16. The van der Waals surface area contributed by atoms with Gasteiger partial charge < -0.3 is 14.7 Å². The molecule has 0 saturated heterocycles. The fourth-order valence-electron chi connectivity index (χ4n) is 4.22. The molecular formula is C25H16Cl2N2O4. The van der Waals surface area contributed by atoms with E-state index in [0.29, 0.717) is 66.6 Å². The maximum atomic E-state index is 13.4. The summed E-state index contributed by atoms with van der Waals surface area (Å²) in [5.41, 5.74) is 2.01. The highest BCUT2D eigenvalue weighted by atomic mass is 35.5. The van der Waals surface area contributed by atoms with E-state index in [2.05, 4.69) is 4.98 Å². The van der Waals surface area contributed by atoms with Crippen LogP contribution in [0.15, 0.2) is 70.3 Å². The Kier molecular flexibility index (Phi) is 5.19. The van der Waals surface area contributed by atoms with Crippen LogP contribution in [0, 0.1) is 0 Å². The van der Waals surface area contributed by atoms with Gasteiger partial charge in [-0.1, -0.05) is 29.3 Å². The monoisotopic (exact) mass is 478 g/mol. The lowest BCUT2D eigenvalue weighted by Crippen LogP contribution is -2.13. The number of H-pyrrole nitrogens is 1. The summed E-state index contributed by atoms with van der Waals surface area (Å²) in [4.78, 5) is 40.7. The molecule has 8 heteroatoms. The summed E-state index contributed by atoms with van der Waals surface area (Å²) in [6, 6.07) is 13.5. The Balaban J connectivity index is 1.88. The number of fused-ring (bicyclic) bond motifs is 4. The number of nitrogens with zero attached hydrogens (tertiary/aromatic N) is 1. The Morgan fingerprint density at radius 1 is 0.848 bits per heavy atom. The fraction of sp³-hybridized carbons (Fsp3) is 0.0800. The minimum atomic E-state index is -1.03. The molecule has 6 nitrogen and oxygen atoms in total. The van der Waals surface area contributed by atoms with E-state index in [1.807, 2.05) is 4.57 Å². The maximum absolute atomic E-state index is 13.4. The average molecular weight is 479 g/mol. The summed E-state index contributed by atoms with van der Waals surface area (Å²) in [6.45, 7) is 0.404. The van der Waals surface area contributed by atoms with Crippen molar-refractivity contribution < 1.29 is 9.90 Å². The lowest BCUT2D eigenvalue weighted by molar-refractivity contribution is -0.131. The molecule has 2 heterocycles. The molecule has 0 fully saturated rings. The van der Waals surface area contributed by atoms with Crippen molar-refractivity contribution in [1.82, 2.24) is 9.55 Å². The maximum Gasteiger partial charge on any atom is 0.327 e. The van der Waals surface area contributed by atoms with Crippen LogP contribution in [0.5, 0.6) is 0 Å². The van der Waals surface area contributed by atoms with Crippen molar-refractivity contribution in [2.45, 2.75) is 13.0 Å². The van der Waals surface area contributed by atoms with E-state index in [9.17, 15) is 14.4 Å². The fourth-order valence-corrected chi connectivity index (χ4v) is 4.56. The molecule has 0 radical (unpaired) electrons. The Labute approximate surface area is 196 Å². The standard InChI is InChI=1S/C25H16Cl2N2O4/c26-13-4-6-19-15(9-13)24(32)16-12-22-18(11-20(16)28-19)25(33)17-10-14(27)5-7-21(17)29(22)8-2-1-3-23(30)31/h1,3-7,9-12H,2,8H2,(H,28,32)(H,30,31)/b3-1+. The number of benzene rings is 3. The van der Waals surface area contributed by atoms with E-state index in [4.69, 9.17) is 28.3 Å². The second kappa shape index (κ2) is 8.06. The highest BCUT2D eigenvalue weighted by molar-refractivity contribution is 6.31. The van der Waals surface area contributed by atoms with E-state index in [-0.39, 0.29) is 10.9 Å². The number of aryl methyl sites for hydroxylation is 1. The van der Waals surface area contributed by atoms with E-state index in [1.54, 1.807) is 54.6 Å². The zero-order valence-corrected chi connectivity index (χ0v) is 18.6. The molecule has 0 saturated carbocycles. The molecule has 0 spiro atoms. The number of halogens is 2. The smallest absolute Gasteiger partial charge is 0.327 e. The van der Waals surface area contributed by atoms with Gasteiger partial charge in [0.25, 0.3) is 0 Å². The van der Waals surface area contributed by atoms with Crippen LogP contribution in [0.2, 0.25) is 10.0 Å². The first-order chi connectivity index (χ1) is 15.8. The van der Waals surface area contributed by atoms with Gasteiger partial charge in [0, 0.05) is 49.7 Å². The van der Waals surface area contributed by atoms with Crippen LogP contribution < -0.4 is 10.9 Å². The Bertz CT molecular complexity index is 1770. The Morgan fingerprint density at radius 3 is 2.24 bits per heavy atom. The molecule has 0 atom stereocenters. The average Bonchev–Trinajstić information content (AvgIpc) is 2.78. The SMILES string of the molecule is O=C(O)/C=C/CCn1c2ccc(Cl)cc2c(=O)c2cc3[nH]c4ccc(Cl)cc4c(=O)c3cc21. The number of carboxylic acid groups (broad SMARTS) is 1. The van der Waals surface area contributed by atoms with E-state index < -0.39 is 5.97 Å². The number of hydrogen-bond acceptors (Lipinski definition) is 3.